The SMILES string of the molecule is CC(C)CCN(C)[C@H]1CCN([C@@]2(C(=O)c3ccccn3)CCOC(C)(C)C2)C1. The lowest BCUT2D eigenvalue weighted by atomic mass is 9.76. The maximum absolute atomic E-state index is 13.7. The van der Waals surface area contributed by atoms with E-state index in [-0.39, 0.29) is 11.4 Å². The molecule has 3 rings (SSSR count). The molecule has 2 fully saturated rings. The summed E-state index contributed by atoms with van der Waals surface area (Å²) in [6.45, 7) is 12.4. The third-order valence-electron chi connectivity index (χ3n) is 6.50. The molecule has 0 aromatic carbocycles. The van der Waals surface area contributed by atoms with Crippen LogP contribution in [0.5, 0.6) is 0 Å². The van der Waals surface area contributed by atoms with Crippen molar-refractivity contribution in [2.75, 3.05) is 33.3 Å². The lowest BCUT2D eigenvalue weighted by molar-refractivity contribution is -0.104. The Bertz CT molecular complexity index is 661. The van der Waals surface area contributed by atoms with Gasteiger partial charge in [0.05, 0.1) is 11.1 Å². The van der Waals surface area contributed by atoms with Gasteiger partial charge in [0.15, 0.2) is 0 Å². The summed E-state index contributed by atoms with van der Waals surface area (Å²) >= 11 is 0. The maximum Gasteiger partial charge on any atom is 0.201 e. The van der Waals surface area contributed by atoms with Crippen LogP contribution in [0, 0.1) is 5.92 Å². The van der Waals surface area contributed by atoms with Gasteiger partial charge in [-0.2, -0.15) is 0 Å². The molecule has 2 saturated heterocycles. The van der Waals surface area contributed by atoms with E-state index in [1.807, 2.05) is 18.2 Å². The molecular formula is C23H37N3O2. The molecule has 28 heavy (non-hydrogen) atoms. The molecule has 2 aliphatic heterocycles. The third-order valence-corrected chi connectivity index (χ3v) is 6.50. The van der Waals surface area contributed by atoms with Gasteiger partial charge in [-0.05, 0) is 64.8 Å². The zero-order valence-electron chi connectivity index (χ0n) is 18.3. The number of nitrogens with zero attached hydrogens (tertiary/aromatic N) is 3. The average Bonchev–Trinajstić information content (AvgIpc) is 3.16. The van der Waals surface area contributed by atoms with Gasteiger partial charge in [0.2, 0.25) is 5.78 Å². The van der Waals surface area contributed by atoms with Gasteiger partial charge >= 0.3 is 0 Å². The average molecular weight is 388 g/mol. The first-order chi connectivity index (χ1) is 13.2. The third kappa shape index (κ3) is 4.64. The fourth-order valence-corrected chi connectivity index (χ4v) is 4.82. The van der Waals surface area contributed by atoms with Gasteiger partial charge in [-0.25, -0.2) is 0 Å². The number of likely N-dealkylation sites (N-methyl/N-ethyl adjacent to an activating group) is 1. The topological polar surface area (TPSA) is 45.7 Å². The van der Waals surface area contributed by atoms with Crippen molar-refractivity contribution in [3.05, 3.63) is 30.1 Å². The second kappa shape index (κ2) is 8.60. The Morgan fingerprint density at radius 1 is 1.39 bits per heavy atom. The van der Waals surface area contributed by atoms with E-state index in [2.05, 4.69) is 49.5 Å². The van der Waals surface area contributed by atoms with Crippen molar-refractivity contribution in [3.8, 4) is 0 Å². The van der Waals surface area contributed by atoms with Crippen LogP contribution in [-0.4, -0.2) is 71.0 Å². The molecule has 1 aromatic rings. The molecule has 3 heterocycles. The minimum atomic E-state index is -0.510. The molecule has 0 spiro atoms. The number of ether oxygens (including phenoxy) is 1. The molecule has 5 nitrogen and oxygen atoms in total. The van der Waals surface area contributed by atoms with Crippen molar-refractivity contribution >= 4 is 5.78 Å². The van der Waals surface area contributed by atoms with Crippen LogP contribution < -0.4 is 0 Å². The monoisotopic (exact) mass is 387 g/mol. The Labute approximate surface area is 170 Å². The van der Waals surface area contributed by atoms with E-state index in [4.69, 9.17) is 4.74 Å². The van der Waals surface area contributed by atoms with Crippen molar-refractivity contribution in [1.82, 2.24) is 14.8 Å². The fraction of sp³-hybridized carbons (Fsp3) is 0.739. The first kappa shape index (κ1) is 21.4. The highest BCUT2D eigenvalue weighted by molar-refractivity contribution is 6.02. The number of carbonyl (C=O) groups excluding carboxylic acids is 1. The number of hydrogen-bond acceptors (Lipinski definition) is 5. The van der Waals surface area contributed by atoms with E-state index in [9.17, 15) is 4.79 Å². The summed E-state index contributed by atoms with van der Waals surface area (Å²) in [6, 6.07) is 6.14. The molecule has 0 N–H and O–H groups in total. The number of aromatic nitrogens is 1. The molecule has 1 aromatic heterocycles. The van der Waals surface area contributed by atoms with E-state index >= 15 is 0 Å². The van der Waals surface area contributed by atoms with Crippen molar-refractivity contribution in [1.29, 1.82) is 0 Å². The summed E-state index contributed by atoms with van der Waals surface area (Å²) < 4.78 is 6.00. The maximum atomic E-state index is 13.7. The minimum absolute atomic E-state index is 0.162. The highest BCUT2D eigenvalue weighted by Crippen LogP contribution is 2.40. The Balaban J connectivity index is 1.81. The molecule has 5 heteroatoms. The van der Waals surface area contributed by atoms with Crippen LogP contribution in [0.2, 0.25) is 0 Å². The summed E-state index contributed by atoms with van der Waals surface area (Å²) in [5, 5.41) is 0. The van der Waals surface area contributed by atoms with Crippen molar-refractivity contribution in [2.45, 2.75) is 70.6 Å². The van der Waals surface area contributed by atoms with E-state index in [0.717, 1.165) is 38.9 Å². The minimum Gasteiger partial charge on any atom is -0.375 e. The van der Waals surface area contributed by atoms with E-state index in [1.54, 1.807) is 6.20 Å². The lowest BCUT2D eigenvalue weighted by Crippen LogP contribution is -2.61. The van der Waals surface area contributed by atoms with Gasteiger partial charge in [0, 0.05) is 38.4 Å². The van der Waals surface area contributed by atoms with Crippen LogP contribution in [0.4, 0.5) is 0 Å². The van der Waals surface area contributed by atoms with Crippen LogP contribution in [0.15, 0.2) is 24.4 Å². The summed E-state index contributed by atoms with van der Waals surface area (Å²) in [5.41, 5.74) is -0.231. The van der Waals surface area contributed by atoms with Gasteiger partial charge in [-0.15, -0.1) is 0 Å². The molecule has 0 amide bonds. The Morgan fingerprint density at radius 2 is 2.18 bits per heavy atom. The smallest absolute Gasteiger partial charge is 0.201 e. The zero-order chi connectivity index (χ0) is 20.4. The second-order valence-corrected chi connectivity index (χ2v) is 9.66. The van der Waals surface area contributed by atoms with Crippen molar-refractivity contribution in [3.63, 3.8) is 0 Å². The summed E-state index contributed by atoms with van der Waals surface area (Å²) in [4.78, 5) is 23.0. The first-order valence-electron chi connectivity index (χ1n) is 10.8. The molecule has 2 aliphatic rings. The molecular weight excluding hydrogens is 350 g/mol. The molecule has 156 valence electrons. The molecule has 0 aliphatic carbocycles. The van der Waals surface area contributed by atoms with Crippen LogP contribution in [-0.2, 0) is 4.74 Å². The number of pyridine rings is 1. The molecule has 0 bridgehead atoms. The van der Waals surface area contributed by atoms with Crippen LogP contribution >= 0.6 is 0 Å². The van der Waals surface area contributed by atoms with E-state index in [0.29, 0.717) is 24.3 Å². The van der Waals surface area contributed by atoms with Crippen LogP contribution in [0.1, 0.15) is 63.9 Å². The number of hydrogen-bond donors (Lipinski definition) is 0. The van der Waals surface area contributed by atoms with Crippen LogP contribution in [0.3, 0.4) is 0 Å². The summed E-state index contributed by atoms with van der Waals surface area (Å²) in [6.07, 6.45) is 5.52. The standard InChI is InChI=1S/C23H37N3O2/c1-18(2)9-13-25(5)19-10-14-26(16-19)23(11-15-28-22(3,4)17-23)21(27)20-8-6-7-12-24-20/h6-8,12,18-19H,9-11,13-17H2,1-5H3/t19-,23-/m0/s1. The number of rotatable bonds is 7. The largest absolute Gasteiger partial charge is 0.375 e. The van der Waals surface area contributed by atoms with E-state index in [1.165, 1.54) is 6.42 Å². The normalized spacial score (nSPS) is 28.2. The van der Waals surface area contributed by atoms with E-state index < -0.39 is 5.54 Å². The highest BCUT2D eigenvalue weighted by atomic mass is 16.5. The van der Waals surface area contributed by atoms with Gasteiger partial charge in [0.1, 0.15) is 5.69 Å². The quantitative estimate of drug-likeness (QED) is 0.669. The summed E-state index contributed by atoms with van der Waals surface area (Å²) in [7, 11) is 2.23. The van der Waals surface area contributed by atoms with Gasteiger partial charge < -0.3 is 9.64 Å². The van der Waals surface area contributed by atoms with Gasteiger partial charge in [0.25, 0.3) is 0 Å². The number of ketones is 1. The Morgan fingerprint density at radius 3 is 2.82 bits per heavy atom. The zero-order valence-corrected chi connectivity index (χ0v) is 18.3. The number of Topliss-reactive ketones (excluding diaryl/α,β-unsaturated/α-hetero) is 1. The number of carbonyl (C=O) groups is 1. The predicted molar refractivity (Wildman–Crippen MR) is 113 cm³/mol. The molecule has 0 unspecified atom stereocenters. The first-order valence-corrected chi connectivity index (χ1v) is 10.8. The predicted octanol–water partition coefficient (Wildman–Crippen LogP) is 3.64. The molecule has 2 atom stereocenters. The van der Waals surface area contributed by atoms with Crippen molar-refractivity contribution in [2.24, 2.45) is 5.92 Å². The van der Waals surface area contributed by atoms with Gasteiger partial charge in [-0.3, -0.25) is 14.7 Å². The Kier molecular flexibility index (Phi) is 6.58. The fourth-order valence-electron chi connectivity index (χ4n) is 4.82. The van der Waals surface area contributed by atoms with Crippen LogP contribution in [0.25, 0.3) is 0 Å². The highest BCUT2D eigenvalue weighted by Gasteiger charge is 2.52. The summed E-state index contributed by atoms with van der Waals surface area (Å²) in [5.74, 6) is 0.878. The van der Waals surface area contributed by atoms with Gasteiger partial charge in [-0.1, -0.05) is 19.9 Å². The number of likely N-dealkylation sites (tertiary alicyclic amines) is 1. The molecule has 0 saturated carbocycles. The molecule has 0 radical (unpaired) electrons. The second-order valence-electron chi connectivity index (χ2n) is 9.66. The lowest BCUT2D eigenvalue weighted by Gasteiger charge is -2.48. The van der Waals surface area contributed by atoms with Crippen molar-refractivity contribution < 1.29 is 9.53 Å². The Hall–Kier alpha value is -1.30.